The number of para-hydroxylation sites is 1. The normalized spacial score (nSPS) is 20.2. The molecule has 2 heterocycles. The molecule has 0 aliphatic carbocycles. The molecule has 2 fully saturated rings. The Kier molecular flexibility index (Phi) is 4.94. The molecule has 7 heteroatoms. The molecule has 2 aliphatic rings. The minimum Gasteiger partial charge on any atom is -0.342 e. The van der Waals surface area contributed by atoms with Gasteiger partial charge < -0.3 is 4.90 Å². The molecule has 0 aromatic heterocycles. The van der Waals surface area contributed by atoms with Crippen LogP contribution in [0, 0.1) is 6.92 Å². The number of rotatable bonds is 3. The number of hydrogen-bond acceptors (Lipinski definition) is 4. The Morgan fingerprint density at radius 1 is 1.00 bits per heavy atom. The topological polar surface area (TPSA) is 74.8 Å². The number of sulfone groups is 1. The number of aryl methyl sites for hydroxylation is 1. The molecule has 2 aromatic rings. The van der Waals surface area contributed by atoms with Gasteiger partial charge >= 0.3 is 0 Å². The standard InChI is InChI=1S/C22H24N2O4S/c1-17-7-5-6-8-18(17)15-20(25)23-13-11-22(12-14-23)24(19-9-3-2-4-10-19)21(26)16-29(22,27)28/h2-10H,11-16H2,1H3. The molecule has 4 rings (SSSR count). The summed E-state index contributed by atoms with van der Waals surface area (Å²) < 4.78 is 26.0. The van der Waals surface area contributed by atoms with Gasteiger partial charge in [0.15, 0.2) is 14.7 Å². The lowest BCUT2D eigenvalue weighted by molar-refractivity contribution is -0.131. The Balaban J connectivity index is 1.55. The van der Waals surface area contributed by atoms with Crippen molar-refractivity contribution in [1.82, 2.24) is 4.90 Å². The zero-order valence-electron chi connectivity index (χ0n) is 16.4. The summed E-state index contributed by atoms with van der Waals surface area (Å²) in [7, 11) is -3.63. The highest BCUT2D eigenvalue weighted by Gasteiger charge is 2.59. The van der Waals surface area contributed by atoms with Crippen molar-refractivity contribution in [3.63, 3.8) is 0 Å². The third-order valence-corrected chi connectivity index (χ3v) is 8.44. The van der Waals surface area contributed by atoms with Crippen molar-refractivity contribution in [2.45, 2.75) is 31.1 Å². The molecular weight excluding hydrogens is 388 g/mol. The Bertz CT molecular complexity index is 1040. The fourth-order valence-corrected chi connectivity index (χ4v) is 6.42. The summed E-state index contributed by atoms with van der Waals surface area (Å²) in [4.78, 5) is 27.3. The highest BCUT2D eigenvalue weighted by Crippen LogP contribution is 2.42. The van der Waals surface area contributed by atoms with E-state index in [0.29, 0.717) is 25.2 Å². The number of nitrogens with zero attached hydrogens (tertiary/aromatic N) is 2. The van der Waals surface area contributed by atoms with Gasteiger partial charge in [0.1, 0.15) is 5.75 Å². The molecule has 152 valence electrons. The fourth-order valence-electron chi connectivity index (χ4n) is 4.41. The van der Waals surface area contributed by atoms with Gasteiger partial charge in [-0.05, 0) is 30.2 Å². The monoisotopic (exact) mass is 412 g/mol. The Labute approximate surface area is 171 Å². The number of benzene rings is 2. The zero-order chi connectivity index (χ0) is 20.6. The SMILES string of the molecule is Cc1ccccc1CC(=O)N1CCC2(CC1)N(c1ccccc1)C(=O)CS2(=O)=O. The zero-order valence-corrected chi connectivity index (χ0v) is 17.2. The molecule has 6 nitrogen and oxygen atoms in total. The number of likely N-dealkylation sites (tertiary alicyclic amines) is 1. The van der Waals surface area contributed by atoms with Crippen molar-refractivity contribution in [3.05, 3.63) is 65.7 Å². The first-order valence-corrected chi connectivity index (χ1v) is 11.4. The molecule has 0 N–H and O–H groups in total. The molecular formula is C22H24N2O4S. The van der Waals surface area contributed by atoms with E-state index in [4.69, 9.17) is 0 Å². The molecule has 0 bridgehead atoms. The highest BCUT2D eigenvalue weighted by molar-refractivity contribution is 7.94. The van der Waals surface area contributed by atoms with Crippen LogP contribution in [-0.4, -0.2) is 48.8 Å². The minimum atomic E-state index is -3.63. The van der Waals surface area contributed by atoms with E-state index in [0.717, 1.165) is 11.1 Å². The Morgan fingerprint density at radius 2 is 1.62 bits per heavy atom. The minimum absolute atomic E-state index is 0.0119. The predicted octanol–water partition coefficient (Wildman–Crippen LogP) is 2.32. The summed E-state index contributed by atoms with van der Waals surface area (Å²) in [6, 6.07) is 16.7. The lowest BCUT2D eigenvalue weighted by atomic mass is 9.99. The number of hydrogen-bond donors (Lipinski definition) is 0. The fraction of sp³-hybridized carbons (Fsp3) is 0.364. The summed E-state index contributed by atoms with van der Waals surface area (Å²) in [6.07, 6.45) is 0.763. The second kappa shape index (κ2) is 7.30. The average Bonchev–Trinajstić information content (AvgIpc) is 2.89. The maximum Gasteiger partial charge on any atom is 0.243 e. The van der Waals surface area contributed by atoms with Gasteiger partial charge in [-0.1, -0.05) is 42.5 Å². The average molecular weight is 413 g/mol. The smallest absolute Gasteiger partial charge is 0.243 e. The van der Waals surface area contributed by atoms with Crippen molar-refractivity contribution in [1.29, 1.82) is 0 Å². The highest BCUT2D eigenvalue weighted by atomic mass is 32.2. The quantitative estimate of drug-likeness (QED) is 0.775. The maximum atomic E-state index is 13.0. The van der Waals surface area contributed by atoms with Crippen LogP contribution in [0.5, 0.6) is 0 Å². The summed E-state index contributed by atoms with van der Waals surface area (Å²) in [5.41, 5.74) is 2.64. The van der Waals surface area contributed by atoms with E-state index < -0.39 is 26.4 Å². The molecule has 0 unspecified atom stereocenters. The van der Waals surface area contributed by atoms with Gasteiger partial charge in [0, 0.05) is 31.6 Å². The van der Waals surface area contributed by atoms with Crippen LogP contribution >= 0.6 is 0 Å². The first-order valence-electron chi connectivity index (χ1n) is 9.77. The van der Waals surface area contributed by atoms with Gasteiger partial charge in [-0.2, -0.15) is 0 Å². The van der Waals surface area contributed by atoms with Crippen molar-refractivity contribution < 1.29 is 18.0 Å². The van der Waals surface area contributed by atoms with E-state index >= 15 is 0 Å². The van der Waals surface area contributed by atoms with E-state index in [1.165, 1.54) is 4.90 Å². The molecule has 2 aliphatic heterocycles. The van der Waals surface area contributed by atoms with Crippen LogP contribution in [0.2, 0.25) is 0 Å². The largest absolute Gasteiger partial charge is 0.342 e. The number of amides is 2. The Morgan fingerprint density at radius 3 is 2.28 bits per heavy atom. The van der Waals surface area contributed by atoms with Crippen LogP contribution < -0.4 is 4.90 Å². The number of anilines is 1. The van der Waals surface area contributed by atoms with Gasteiger partial charge in [-0.25, -0.2) is 8.42 Å². The van der Waals surface area contributed by atoms with E-state index in [9.17, 15) is 18.0 Å². The van der Waals surface area contributed by atoms with E-state index in [1.54, 1.807) is 29.2 Å². The summed E-state index contributed by atoms with van der Waals surface area (Å²) in [5, 5.41) is 0. The van der Waals surface area contributed by atoms with Crippen LogP contribution in [0.1, 0.15) is 24.0 Å². The lowest BCUT2D eigenvalue weighted by Gasteiger charge is -2.43. The molecule has 0 atom stereocenters. The van der Waals surface area contributed by atoms with E-state index in [2.05, 4.69) is 0 Å². The van der Waals surface area contributed by atoms with Crippen molar-refractivity contribution in [2.75, 3.05) is 23.7 Å². The molecule has 1 spiro atoms. The van der Waals surface area contributed by atoms with Crippen LogP contribution in [0.4, 0.5) is 5.69 Å². The van der Waals surface area contributed by atoms with Gasteiger partial charge in [0.05, 0.1) is 6.42 Å². The number of carbonyl (C=O) groups is 2. The van der Waals surface area contributed by atoms with E-state index in [-0.39, 0.29) is 18.7 Å². The van der Waals surface area contributed by atoms with Crippen molar-refractivity contribution in [3.8, 4) is 0 Å². The summed E-state index contributed by atoms with van der Waals surface area (Å²) in [6.45, 7) is 2.61. The van der Waals surface area contributed by atoms with Crippen LogP contribution in [-0.2, 0) is 25.8 Å². The van der Waals surface area contributed by atoms with Crippen LogP contribution in [0.15, 0.2) is 54.6 Å². The molecule has 29 heavy (non-hydrogen) atoms. The first kappa shape index (κ1) is 19.6. The third kappa shape index (κ3) is 3.33. The third-order valence-electron chi connectivity index (χ3n) is 6.06. The molecule has 0 saturated carbocycles. The van der Waals surface area contributed by atoms with Crippen molar-refractivity contribution >= 4 is 27.3 Å². The van der Waals surface area contributed by atoms with Gasteiger partial charge in [0.25, 0.3) is 0 Å². The Hall–Kier alpha value is -2.67. The van der Waals surface area contributed by atoms with Gasteiger partial charge in [0.2, 0.25) is 11.8 Å². The molecule has 2 amide bonds. The first-order chi connectivity index (χ1) is 13.8. The maximum absolute atomic E-state index is 13.0. The number of carbonyl (C=O) groups excluding carboxylic acids is 2. The number of piperidine rings is 1. The van der Waals surface area contributed by atoms with Gasteiger partial charge in [-0.3, -0.25) is 14.5 Å². The predicted molar refractivity (Wildman–Crippen MR) is 111 cm³/mol. The lowest BCUT2D eigenvalue weighted by Crippen LogP contribution is -2.57. The summed E-state index contributed by atoms with van der Waals surface area (Å²) in [5.74, 6) is -0.878. The van der Waals surface area contributed by atoms with Crippen LogP contribution in [0.3, 0.4) is 0 Å². The molecule has 2 aromatic carbocycles. The van der Waals surface area contributed by atoms with Crippen molar-refractivity contribution in [2.24, 2.45) is 0 Å². The molecule has 0 radical (unpaired) electrons. The second-order valence-electron chi connectivity index (χ2n) is 7.75. The second-order valence-corrected chi connectivity index (χ2v) is 10.0. The molecule has 2 saturated heterocycles. The van der Waals surface area contributed by atoms with E-state index in [1.807, 2.05) is 37.3 Å². The van der Waals surface area contributed by atoms with Crippen LogP contribution in [0.25, 0.3) is 0 Å². The van der Waals surface area contributed by atoms with Gasteiger partial charge in [-0.15, -0.1) is 0 Å². The summed E-state index contributed by atoms with van der Waals surface area (Å²) >= 11 is 0.